The number of rotatable bonds is 6. The zero-order chi connectivity index (χ0) is 37.1. The Balaban J connectivity index is 1.04. The van der Waals surface area contributed by atoms with E-state index in [-0.39, 0.29) is 0 Å². The lowest BCUT2D eigenvalue weighted by Gasteiger charge is -2.34. The van der Waals surface area contributed by atoms with E-state index in [1.54, 1.807) is 0 Å². The number of ether oxygens (including phenoxy) is 2. The van der Waals surface area contributed by atoms with Crippen LogP contribution in [-0.4, -0.2) is 0 Å². The smallest absolute Gasteiger partial charge is 0.178 e. The van der Waals surface area contributed by atoms with Gasteiger partial charge in [0.1, 0.15) is 0 Å². The molecule has 11 rings (SSSR count). The highest BCUT2D eigenvalue weighted by molar-refractivity contribution is 5.99. The maximum absolute atomic E-state index is 7.16. The fourth-order valence-electron chi connectivity index (χ4n) is 9.01. The lowest BCUT2D eigenvalue weighted by Crippen LogP contribution is -2.28. The summed E-state index contributed by atoms with van der Waals surface area (Å²) >= 11 is 0. The standard InChI is InChI=1S/C53H35NO2/c1-4-18-38(19-5-1)53(39-20-6-2-7-21-39)45-27-13-12-25-44(45)50-46(53)34-35-49-52(50)56-51-43(26-15-29-48(51)55-49)37-30-32-41(33-31-37)54(40-22-8-3-9-23-40)47-28-14-17-36-16-10-11-24-42(36)47/h1-35H. The molecule has 1 aliphatic carbocycles. The van der Waals surface area contributed by atoms with Gasteiger partial charge in [-0.3, -0.25) is 0 Å². The van der Waals surface area contributed by atoms with Gasteiger partial charge in [0, 0.05) is 27.9 Å². The van der Waals surface area contributed by atoms with Crippen molar-refractivity contribution in [3.05, 3.63) is 235 Å². The number of anilines is 3. The van der Waals surface area contributed by atoms with Crippen molar-refractivity contribution in [1.29, 1.82) is 0 Å². The lowest BCUT2D eigenvalue weighted by molar-refractivity contribution is 0.361. The first-order valence-corrected chi connectivity index (χ1v) is 19.1. The molecule has 56 heavy (non-hydrogen) atoms. The van der Waals surface area contributed by atoms with Gasteiger partial charge in [0.25, 0.3) is 0 Å². The van der Waals surface area contributed by atoms with Crippen molar-refractivity contribution in [3.8, 4) is 45.3 Å². The van der Waals surface area contributed by atoms with Crippen LogP contribution in [0.1, 0.15) is 22.3 Å². The van der Waals surface area contributed by atoms with Crippen LogP contribution < -0.4 is 14.4 Å². The molecule has 0 unspecified atom stereocenters. The largest absolute Gasteiger partial charge is 0.449 e. The first-order chi connectivity index (χ1) is 27.8. The molecule has 0 radical (unpaired) electrons. The number of hydrogen-bond acceptors (Lipinski definition) is 3. The summed E-state index contributed by atoms with van der Waals surface area (Å²) in [7, 11) is 0. The van der Waals surface area contributed by atoms with Gasteiger partial charge in [-0.15, -0.1) is 0 Å². The minimum atomic E-state index is -0.531. The highest BCUT2D eigenvalue weighted by Gasteiger charge is 2.48. The molecule has 1 aliphatic heterocycles. The number of para-hydroxylation sites is 2. The van der Waals surface area contributed by atoms with Gasteiger partial charge in [0.05, 0.1) is 11.1 Å². The topological polar surface area (TPSA) is 21.7 Å². The van der Waals surface area contributed by atoms with E-state index in [2.05, 4.69) is 205 Å². The van der Waals surface area contributed by atoms with Gasteiger partial charge >= 0.3 is 0 Å². The number of fused-ring (bicyclic) bond motifs is 7. The van der Waals surface area contributed by atoms with Gasteiger partial charge in [-0.25, -0.2) is 0 Å². The Morgan fingerprint density at radius 1 is 0.375 bits per heavy atom. The van der Waals surface area contributed by atoms with Crippen LogP contribution in [0.15, 0.2) is 212 Å². The van der Waals surface area contributed by atoms with Crippen LogP contribution in [0.5, 0.6) is 23.0 Å². The van der Waals surface area contributed by atoms with Crippen LogP contribution >= 0.6 is 0 Å². The first kappa shape index (κ1) is 32.1. The van der Waals surface area contributed by atoms with E-state index in [1.165, 1.54) is 33.0 Å². The van der Waals surface area contributed by atoms with E-state index >= 15 is 0 Å². The SMILES string of the molecule is c1ccc(N(c2ccc(-c3cccc4c3Oc3c(ccc5c3-c3ccccc3C5(c3ccccc3)c3ccccc3)O4)cc2)c2cccc3ccccc23)cc1. The molecule has 9 aromatic carbocycles. The maximum atomic E-state index is 7.16. The fourth-order valence-corrected chi connectivity index (χ4v) is 9.01. The Hall–Kier alpha value is -7.36. The summed E-state index contributed by atoms with van der Waals surface area (Å²) < 4.78 is 13.9. The Morgan fingerprint density at radius 2 is 0.964 bits per heavy atom. The van der Waals surface area contributed by atoms with Crippen molar-refractivity contribution in [2.24, 2.45) is 0 Å². The van der Waals surface area contributed by atoms with Gasteiger partial charge in [-0.1, -0.05) is 170 Å². The maximum Gasteiger partial charge on any atom is 0.178 e. The number of hydrogen-bond donors (Lipinski definition) is 0. The van der Waals surface area contributed by atoms with Crippen molar-refractivity contribution in [3.63, 3.8) is 0 Å². The second kappa shape index (κ2) is 12.9. The predicted molar refractivity (Wildman–Crippen MR) is 228 cm³/mol. The van der Waals surface area contributed by atoms with Crippen molar-refractivity contribution < 1.29 is 9.47 Å². The summed E-state index contributed by atoms with van der Waals surface area (Å²) in [5, 5.41) is 2.40. The molecule has 1 heterocycles. The Kier molecular flexibility index (Phi) is 7.39. The van der Waals surface area contributed by atoms with Crippen molar-refractivity contribution in [1.82, 2.24) is 0 Å². The zero-order valence-electron chi connectivity index (χ0n) is 30.5. The normalized spacial score (nSPS) is 13.1. The van der Waals surface area contributed by atoms with Crippen LogP contribution in [0.4, 0.5) is 17.1 Å². The third-order valence-corrected chi connectivity index (χ3v) is 11.4. The molecule has 0 saturated carbocycles. The zero-order valence-corrected chi connectivity index (χ0v) is 30.5. The Bertz CT molecular complexity index is 2860. The quantitative estimate of drug-likeness (QED) is 0.171. The number of nitrogens with zero attached hydrogens (tertiary/aromatic N) is 1. The third-order valence-electron chi connectivity index (χ3n) is 11.4. The molecule has 0 spiro atoms. The van der Waals surface area contributed by atoms with Crippen LogP contribution in [0.2, 0.25) is 0 Å². The molecule has 3 heteroatoms. The molecule has 0 fully saturated rings. The molecule has 0 atom stereocenters. The van der Waals surface area contributed by atoms with E-state index in [0.29, 0.717) is 17.2 Å². The molecular formula is C53H35NO2. The summed E-state index contributed by atoms with van der Waals surface area (Å²) in [4.78, 5) is 2.33. The first-order valence-electron chi connectivity index (χ1n) is 19.1. The van der Waals surface area contributed by atoms with Gasteiger partial charge in [0.15, 0.2) is 23.0 Å². The fraction of sp³-hybridized carbons (Fsp3) is 0.0189. The predicted octanol–water partition coefficient (Wildman–Crippen LogP) is 14.2. The van der Waals surface area contributed by atoms with E-state index in [4.69, 9.17) is 9.47 Å². The molecule has 9 aromatic rings. The molecule has 0 amide bonds. The van der Waals surface area contributed by atoms with Crippen molar-refractivity contribution in [2.45, 2.75) is 5.41 Å². The van der Waals surface area contributed by atoms with Gasteiger partial charge < -0.3 is 14.4 Å². The molecule has 0 aromatic heterocycles. The van der Waals surface area contributed by atoms with Crippen LogP contribution in [0, 0.1) is 0 Å². The van der Waals surface area contributed by atoms with Crippen molar-refractivity contribution in [2.75, 3.05) is 4.90 Å². The minimum Gasteiger partial charge on any atom is -0.449 e. The van der Waals surface area contributed by atoms with Crippen LogP contribution in [0.3, 0.4) is 0 Å². The van der Waals surface area contributed by atoms with E-state index < -0.39 is 5.41 Å². The second-order valence-corrected chi connectivity index (χ2v) is 14.4. The van der Waals surface area contributed by atoms with Gasteiger partial charge in [-0.2, -0.15) is 0 Å². The van der Waals surface area contributed by atoms with Crippen LogP contribution in [0.25, 0.3) is 33.0 Å². The van der Waals surface area contributed by atoms with Crippen molar-refractivity contribution >= 4 is 27.8 Å². The van der Waals surface area contributed by atoms with Crippen LogP contribution in [-0.2, 0) is 5.41 Å². The second-order valence-electron chi connectivity index (χ2n) is 14.4. The monoisotopic (exact) mass is 717 g/mol. The Labute approximate surface area is 326 Å². The van der Waals surface area contributed by atoms with Gasteiger partial charge in [0.2, 0.25) is 0 Å². The van der Waals surface area contributed by atoms with E-state index in [1.807, 2.05) is 12.1 Å². The minimum absolute atomic E-state index is 0.531. The average Bonchev–Trinajstić information content (AvgIpc) is 3.58. The molecule has 0 bridgehead atoms. The highest BCUT2D eigenvalue weighted by Crippen LogP contribution is 2.62. The van der Waals surface area contributed by atoms with E-state index in [0.717, 1.165) is 45.1 Å². The summed E-state index contributed by atoms with van der Waals surface area (Å²) in [5.41, 5.74) is 11.8. The summed E-state index contributed by atoms with van der Waals surface area (Å²) in [5.74, 6) is 2.87. The van der Waals surface area contributed by atoms with E-state index in [9.17, 15) is 0 Å². The lowest BCUT2D eigenvalue weighted by atomic mass is 9.68. The Morgan fingerprint density at radius 3 is 1.73 bits per heavy atom. The molecule has 0 N–H and O–H groups in total. The summed E-state index contributed by atoms with van der Waals surface area (Å²) in [6, 6.07) is 75.3. The third kappa shape index (κ3) is 4.84. The number of benzene rings is 9. The molecule has 264 valence electrons. The average molecular weight is 718 g/mol. The highest BCUT2D eigenvalue weighted by atomic mass is 16.6. The molecule has 0 saturated heterocycles. The summed E-state index contributed by atoms with van der Waals surface area (Å²) in [6.45, 7) is 0. The van der Waals surface area contributed by atoms with Gasteiger partial charge in [-0.05, 0) is 81.2 Å². The molecular weight excluding hydrogens is 683 g/mol. The summed E-state index contributed by atoms with van der Waals surface area (Å²) in [6.07, 6.45) is 0. The molecule has 2 aliphatic rings. The molecule has 3 nitrogen and oxygen atoms in total.